The Balaban J connectivity index is 1.44. The smallest absolute Gasteiger partial charge is 0.253 e. The Labute approximate surface area is 193 Å². The van der Waals surface area contributed by atoms with Crippen LogP contribution in [0.2, 0.25) is 0 Å². The van der Waals surface area contributed by atoms with Crippen LogP contribution in [0.5, 0.6) is 0 Å². The number of carbonyl (C=O) groups excluding carboxylic acids is 2. The molecule has 2 aromatic carbocycles. The fourth-order valence-electron chi connectivity index (χ4n) is 3.96. The first-order valence-corrected chi connectivity index (χ1v) is 11.1. The van der Waals surface area contributed by atoms with E-state index in [-0.39, 0.29) is 12.0 Å². The Bertz CT molecular complexity index is 1110. The molecule has 1 aliphatic heterocycles. The molecule has 4 rings (SSSR count). The third-order valence-corrected chi connectivity index (χ3v) is 5.89. The van der Waals surface area contributed by atoms with E-state index in [0.29, 0.717) is 55.7 Å². The van der Waals surface area contributed by atoms with Crippen LogP contribution in [0.25, 0.3) is 0 Å². The average Bonchev–Trinajstić information content (AvgIpc) is 2.84. The van der Waals surface area contributed by atoms with Crippen molar-refractivity contribution in [1.29, 1.82) is 0 Å². The summed E-state index contributed by atoms with van der Waals surface area (Å²) in [6.45, 7) is 1.72. The summed E-state index contributed by atoms with van der Waals surface area (Å²) in [7, 11) is 0. The lowest BCUT2D eigenvalue weighted by molar-refractivity contribution is 0.0546. The summed E-state index contributed by atoms with van der Waals surface area (Å²) >= 11 is 0. The molecule has 0 radical (unpaired) electrons. The first-order chi connectivity index (χ1) is 16.0. The van der Waals surface area contributed by atoms with Crippen molar-refractivity contribution in [2.24, 2.45) is 5.73 Å². The fourth-order valence-corrected chi connectivity index (χ4v) is 3.96. The molecule has 0 spiro atoms. The van der Waals surface area contributed by atoms with Crippen molar-refractivity contribution in [1.82, 2.24) is 9.88 Å². The second kappa shape index (κ2) is 10.3. The van der Waals surface area contributed by atoms with Crippen LogP contribution >= 0.6 is 0 Å². The van der Waals surface area contributed by atoms with E-state index in [1.807, 2.05) is 60.7 Å². The molecule has 0 saturated carbocycles. The van der Waals surface area contributed by atoms with Gasteiger partial charge in [0.1, 0.15) is 0 Å². The fraction of sp³-hybridized carbons (Fsp3) is 0.269. The molecular weight excluding hydrogens is 416 g/mol. The molecule has 1 aliphatic rings. The molecule has 0 bridgehead atoms. The number of amides is 2. The van der Waals surface area contributed by atoms with Gasteiger partial charge in [-0.05, 0) is 42.2 Å². The van der Waals surface area contributed by atoms with Gasteiger partial charge in [0, 0.05) is 43.5 Å². The van der Waals surface area contributed by atoms with Gasteiger partial charge < -0.3 is 21.1 Å². The number of pyridine rings is 1. The molecule has 0 aliphatic carbocycles. The Morgan fingerprint density at radius 2 is 1.73 bits per heavy atom. The minimum Gasteiger partial charge on any atom is -0.393 e. The number of nitrogens with two attached hydrogens (primary N) is 1. The number of hydrogen-bond donors (Lipinski definition) is 3. The van der Waals surface area contributed by atoms with Crippen LogP contribution in [0.4, 0.5) is 5.69 Å². The molecule has 1 fully saturated rings. The molecule has 7 nitrogen and oxygen atoms in total. The summed E-state index contributed by atoms with van der Waals surface area (Å²) in [4.78, 5) is 30.7. The Morgan fingerprint density at radius 1 is 1.03 bits per heavy atom. The zero-order valence-corrected chi connectivity index (χ0v) is 18.4. The van der Waals surface area contributed by atoms with Crippen molar-refractivity contribution in [3.8, 4) is 0 Å². The van der Waals surface area contributed by atoms with Crippen LogP contribution in [0, 0.1) is 0 Å². The van der Waals surface area contributed by atoms with Crippen molar-refractivity contribution in [3.63, 3.8) is 0 Å². The van der Waals surface area contributed by atoms with E-state index >= 15 is 0 Å². The number of nitrogens with zero attached hydrogens (tertiary/aromatic N) is 2. The molecule has 0 unspecified atom stereocenters. The summed E-state index contributed by atoms with van der Waals surface area (Å²) in [5.41, 5.74) is 10.1. The van der Waals surface area contributed by atoms with Crippen molar-refractivity contribution in [2.45, 2.75) is 31.9 Å². The Hall–Kier alpha value is -3.71. The van der Waals surface area contributed by atoms with Crippen LogP contribution in [0.1, 0.15) is 50.4 Å². The number of nitrogens with one attached hydrogen (secondary N) is 1. The van der Waals surface area contributed by atoms with E-state index in [0.717, 1.165) is 16.8 Å². The molecular formula is C26H28N4O3. The maximum absolute atomic E-state index is 12.7. The lowest BCUT2D eigenvalue weighted by Gasteiger charge is -2.29. The van der Waals surface area contributed by atoms with Gasteiger partial charge in [-0.15, -0.1) is 0 Å². The molecule has 3 aromatic rings. The van der Waals surface area contributed by atoms with Crippen molar-refractivity contribution >= 4 is 17.5 Å². The van der Waals surface area contributed by atoms with E-state index in [2.05, 4.69) is 10.3 Å². The van der Waals surface area contributed by atoms with Crippen LogP contribution in [-0.2, 0) is 13.0 Å². The lowest BCUT2D eigenvalue weighted by atomic mass is 10.0. The quantitative estimate of drug-likeness (QED) is 0.519. The largest absolute Gasteiger partial charge is 0.393 e. The number of aliphatic hydroxyl groups excluding tert-OH is 1. The number of rotatable bonds is 7. The predicted molar refractivity (Wildman–Crippen MR) is 127 cm³/mol. The topological polar surface area (TPSA) is 109 Å². The number of hydrogen-bond acceptors (Lipinski definition) is 5. The molecule has 7 heteroatoms. The lowest BCUT2D eigenvalue weighted by Crippen LogP contribution is -2.40. The van der Waals surface area contributed by atoms with Crippen molar-refractivity contribution in [3.05, 3.63) is 94.8 Å². The minimum absolute atomic E-state index is 0.00946. The van der Waals surface area contributed by atoms with Crippen LogP contribution in [0.15, 0.2) is 66.9 Å². The molecule has 170 valence electrons. The molecule has 0 atom stereocenters. The zero-order chi connectivity index (χ0) is 23.2. The highest BCUT2D eigenvalue weighted by Crippen LogP contribution is 2.20. The van der Waals surface area contributed by atoms with Crippen molar-refractivity contribution in [2.75, 3.05) is 18.4 Å². The van der Waals surface area contributed by atoms with E-state index < -0.39 is 5.91 Å². The van der Waals surface area contributed by atoms with Gasteiger partial charge in [-0.25, -0.2) is 0 Å². The van der Waals surface area contributed by atoms with Gasteiger partial charge >= 0.3 is 0 Å². The number of benzene rings is 2. The number of likely N-dealkylation sites (tertiary alicyclic amines) is 1. The highest BCUT2D eigenvalue weighted by molar-refractivity contribution is 5.98. The summed E-state index contributed by atoms with van der Waals surface area (Å²) in [5, 5.41) is 12.9. The maximum Gasteiger partial charge on any atom is 0.253 e. The number of piperidine rings is 1. The normalized spacial score (nSPS) is 14.2. The van der Waals surface area contributed by atoms with E-state index in [1.165, 1.54) is 6.20 Å². The maximum atomic E-state index is 12.7. The molecule has 2 heterocycles. The van der Waals surface area contributed by atoms with Gasteiger partial charge in [-0.2, -0.15) is 0 Å². The predicted octanol–water partition coefficient (Wildman–Crippen LogP) is 2.98. The van der Waals surface area contributed by atoms with E-state index in [9.17, 15) is 14.7 Å². The van der Waals surface area contributed by atoms with Crippen LogP contribution in [0.3, 0.4) is 0 Å². The molecule has 33 heavy (non-hydrogen) atoms. The van der Waals surface area contributed by atoms with Gasteiger partial charge in [-0.1, -0.05) is 42.5 Å². The molecule has 1 aromatic heterocycles. The van der Waals surface area contributed by atoms with Gasteiger partial charge in [0.2, 0.25) is 0 Å². The summed E-state index contributed by atoms with van der Waals surface area (Å²) < 4.78 is 0. The highest BCUT2D eigenvalue weighted by Gasteiger charge is 2.22. The number of anilines is 1. The van der Waals surface area contributed by atoms with Crippen LogP contribution < -0.4 is 11.1 Å². The Morgan fingerprint density at radius 3 is 2.39 bits per heavy atom. The van der Waals surface area contributed by atoms with Gasteiger partial charge in [0.15, 0.2) is 0 Å². The van der Waals surface area contributed by atoms with Gasteiger partial charge in [0.25, 0.3) is 11.8 Å². The second-order valence-electron chi connectivity index (χ2n) is 8.32. The number of aliphatic hydroxyl groups is 1. The average molecular weight is 445 g/mol. The first-order valence-electron chi connectivity index (χ1n) is 11.1. The minimum atomic E-state index is -0.530. The second-order valence-corrected chi connectivity index (χ2v) is 8.32. The SMILES string of the molecule is NC(=O)c1cnc(Cc2ccc(C(=O)N3CCC(O)CC3)cc2)cc1NCc1ccccc1. The first kappa shape index (κ1) is 22.5. The van der Waals surface area contributed by atoms with Gasteiger partial charge in [-0.3, -0.25) is 14.6 Å². The standard InChI is InChI=1S/C26H28N4O3/c27-25(32)23-17-28-21(15-24(23)29-16-19-4-2-1-3-5-19)14-18-6-8-20(9-7-18)26(33)30-12-10-22(31)11-13-30/h1-9,15,17,22,31H,10-14,16H2,(H2,27,32)(H,28,29). The number of aromatic nitrogens is 1. The zero-order valence-electron chi connectivity index (χ0n) is 18.4. The van der Waals surface area contributed by atoms with E-state index in [1.54, 1.807) is 4.90 Å². The molecule has 4 N–H and O–H groups in total. The Kier molecular flexibility index (Phi) is 7.00. The third kappa shape index (κ3) is 5.75. The number of primary amides is 1. The molecule has 1 saturated heterocycles. The number of carbonyl (C=O) groups is 2. The highest BCUT2D eigenvalue weighted by atomic mass is 16.3. The van der Waals surface area contributed by atoms with Crippen molar-refractivity contribution < 1.29 is 14.7 Å². The monoisotopic (exact) mass is 444 g/mol. The third-order valence-electron chi connectivity index (χ3n) is 5.89. The summed E-state index contributed by atoms with van der Waals surface area (Å²) in [5.74, 6) is -0.539. The summed E-state index contributed by atoms with van der Waals surface area (Å²) in [6, 6.07) is 19.3. The van der Waals surface area contributed by atoms with Gasteiger partial charge in [0.05, 0.1) is 17.4 Å². The van der Waals surface area contributed by atoms with E-state index in [4.69, 9.17) is 5.73 Å². The summed E-state index contributed by atoms with van der Waals surface area (Å²) in [6.07, 6.45) is 3.00. The molecule has 2 amide bonds. The van der Waals surface area contributed by atoms with Crippen LogP contribution in [-0.4, -0.2) is 46.0 Å².